The fourth-order valence-corrected chi connectivity index (χ4v) is 3.87. The highest BCUT2D eigenvalue weighted by Crippen LogP contribution is 2.18. The Morgan fingerprint density at radius 3 is 2.61 bits per heavy atom. The maximum Gasteiger partial charge on any atom is 0.330 e. The number of carbonyl (C=O) groups is 2. The molecule has 0 aliphatic rings. The third-order valence-electron chi connectivity index (χ3n) is 4.76. The largest absolute Gasteiger partial charge is 0.455 e. The number of benzene rings is 1. The number of anilines is 2. The van der Waals surface area contributed by atoms with E-state index in [2.05, 4.69) is 9.97 Å². The van der Waals surface area contributed by atoms with Crippen molar-refractivity contribution >= 4 is 34.7 Å². The van der Waals surface area contributed by atoms with Crippen LogP contribution in [0.2, 0.25) is 0 Å². The topological polar surface area (TPSA) is 140 Å². The molecule has 0 unspecified atom stereocenters. The van der Waals surface area contributed by atoms with Gasteiger partial charge in [0.15, 0.2) is 12.3 Å². The van der Waals surface area contributed by atoms with Crippen LogP contribution in [0.25, 0.3) is 0 Å². The van der Waals surface area contributed by atoms with Gasteiger partial charge in [0.1, 0.15) is 5.82 Å². The summed E-state index contributed by atoms with van der Waals surface area (Å²) < 4.78 is 6.30. The van der Waals surface area contributed by atoms with Crippen LogP contribution in [0.5, 0.6) is 0 Å². The second-order valence-electron chi connectivity index (χ2n) is 7.31. The van der Waals surface area contributed by atoms with Crippen molar-refractivity contribution in [2.45, 2.75) is 33.2 Å². The quantitative estimate of drug-likeness (QED) is 0.450. The number of ether oxygens (including phenoxy) is 1. The van der Waals surface area contributed by atoms with Crippen LogP contribution in [0.1, 0.15) is 29.6 Å². The minimum atomic E-state index is -0.784. The molecule has 0 fully saturated rings. The third-order valence-corrected chi connectivity index (χ3v) is 5.59. The number of aromatic amines is 1. The number of carbonyl (C=O) groups excluding carboxylic acids is 2. The molecule has 174 valence electrons. The van der Waals surface area contributed by atoms with Gasteiger partial charge in [0.2, 0.25) is 0 Å². The second-order valence-corrected chi connectivity index (χ2v) is 8.37. The molecule has 3 aromatic rings. The molecule has 1 aromatic carbocycles. The van der Waals surface area contributed by atoms with Crippen LogP contribution in [0.15, 0.2) is 45.3 Å². The average molecular weight is 472 g/mol. The molecule has 2 aromatic heterocycles. The first-order valence-corrected chi connectivity index (χ1v) is 11.2. The molecule has 3 rings (SSSR count). The van der Waals surface area contributed by atoms with E-state index in [-0.39, 0.29) is 31.0 Å². The molecule has 2 heterocycles. The Kier molecular flexibility index (Phi) is 7.78. The predicted molar refractivity (Wildman–Crippen MR) is 125 cm³/mol. The molecule has 0 saturated heterocycles. The molecular weight excluding hydrogens is 446 g/mol. The van der Waals surface area contributed by atoms with Crippen LogP contribution in [-0.4, -0.2) is 39.6 Å². The molecule has 10 nitrogen and oxygen atoms in total. The van der Waals surface area contributed by atoms with Crippen molar-refractivity contribution in [2.75, 3.05) is 23.8 Å². The van der Waals surface area contributed by atoms with E-state index in [9.17, 15) is 19.2 Å². The number of hydrogen-bond acceptors (Lipinski definition) is 8. The summed E-state index contributed by atoms with van der Waals surface area (Å²) in [5.41, 5.74) is 5.94. The number of nitrogens with two attached hydrogens (primary N) is 1. The van der Waals surface area contributed by atoms with Gasteiger partial charge in [0, 0.05) is 11.9 Å². The lowest BCUT2D eigenvalue weighted by Crippen LogP contribution is -2.43. The number of H-pyrrole nitrogens is 1. The molecule has 0 atom stereocenters. The summed E-state index contributed by atoms with van der Waals surface area (Å²) in [6.45, 7) is 3.34. The second kappa shape index (κ2) is 10.7. The third kappa shape index (κ3) is 5.95. The average Bonchev–Trinajstić information content (AvgIpc) is 3.19. The highest BCUT2D eigenvalue weighted by Gasteiger charge is 2.25. The molecule has 1 amide bonds. The summed E-state index contributed by atoms with van der Waals surface area (Å²) in [5, 5.41) is 2.57. The van der Waals surface area contributed by atoms with Crippen molar-refractivity contribution in [2.24, 2.45) is 0 Å². The Labute approximate surface area is 193 Å². The van der Waals surface area contributed by atoms with Crippen LogP contribution in [0, 0.1) is 6.92 Å². The van der Waals surface area contributed by atoms with Crippen molar-refractivity contribution in [3.63, 3.8) is 0 Å². The van der Waals surface area contributed by atoms with Crippen LogP contribution in [-0.2, 0) is 27.3 Å². The van der Waals surface area contributed by atoms with Gasteiger partial charge in [-0.2, -0.15) is 0 Å². The van der Waals surface area contributed by atoms with Crippen molar-refractivity contribution in [1.82, 2.24) is 14.5 Å². The first-order chi connectivity index (χ1) is 15.8. The number of nitrogens with one attached hydrogen (secondary N) is 1. The summed E-state index contributed by atoms with van der Waals surface area (Å²) in [6, 6.07) is 9.10. The maximum atomic E-state index is 12.9. The summed E-state index contributed by atoms with van der Waals surface area (Å²) in [7, 11) is 0. The van der Waals surface area contributed by atoms with Crippen LogP contribution in [0.4, 0.5) is 11.5 Å². The van der Waals surface area contributed by atoms with E-state index in [0.717, 1.165) is 15.5 Å². The van der Waals surface area contributed by atoms with E-state index in [1.807, 2.05) is 44.2 Å². The zero-order chi connectivity index (χ0) is 24.0. The Hall–Kier alpha value is -3.73. The van der Waals surface area contributed by atoms with Gasteiger partial charge in [-0.3, -0.25) is 23.9 Å². The smallest absolute Gasteiger partial charge is 0.330 e. The monoisotopic (exact) mass is 471 g/mol. The van der Waals surface area contributed by atoms with Crippen molar-refractivity contribution in [1.29, 1.82) is 0 Å². The predicted octanol–water partition coefficient (Wildman–Crippen LogP) is 1.46. The number of aryl methyl sites for hydroxylation is 1. The fraction of sp³-hybridized carbons (Fsp3) is 0.318. The molecule has 0 spiro atoms. The van der Waals surface area contributed by atoms with Gasteiger partial charge in [-0.25, -0.2) is 9.78 Å². The van der Waals surface area contributed by atoms with Gasteiger partial charge in [-0.05, 0) is 18.9 Å². The standard InChI is InChI=1S/C22H25N5O5S/c1-3-9-26(17(28)12-32-18(29)10-16-13-33-14(2)24-16)19-20(23)27(22(31)25-21(19)30)11-15-7-5-4-6-8-15/h4-8,13H,3,9-12,23H2,1-2H3,(H,25,30,31). The summed E-state index contributed by atoms with van der Waals surface area (Å²) in [4.78, 5) is 57.6. The van der Waals surface area contributed by atoms with Gasteiger partial charge in [0.25, 0.3) is 11.5 Å². The summed E-state index contributed by atoms with van der Waals surface area (Å²) in [6.07, 6.45) is 0.449. The lowest BCUT2D eigenvalue weighted by Gasteiger charge is -2.24. The van der Waals surface area contributed by atoms with Crippen molar-refractivity contribution in [3.05, 3.63) is 72.8 Å². The SMILES string of the molecule is CCCN(C(=O)COC(=O)Cc1csc(C)n1)c1c(N)n(Cc2ccccc2)c(=O)[nH]c1=O. The Bertz CT molecular complexity index is 1250. The number of aromatic nitrogens is 3. The minimum Gasteiger partial charge on any atom is -0.455 e. The highest BCUT2D eigenvalue weighted by atomic mass is 32.1. The van der Waals surface area contributed by atoms with Crippen molar-refractivity contribution < 1.29 is 14.3 Å². The lowest BCUT2D eigenvalue weighted by atomic mass is 10.2. The van der Waals surface area contributed by atoms with Gasteiger partial charge in [0.05, 0.1) is 23.7 Å². The number of rotatable bonds is 9. The van der Waals surface area contributed by atoms with Crippen LogP contribution in [0.3, 0.4) is 0 Å². The number of esters is 1. The molecular formula is C22H25N5O5S. The zero-order valence-electron chi connectivity index (χ0n) is 18.4. The minimum absolute atomic E-state index is 0.0594. The van der Waals surface area contributed by atoms with E-state index in [0.29, 0.717) is 12.1 Å². The van der Waals surface area contributed by atoms with Gasteiger partial charge < -0.3 is 15.4 Å². The first kappa shape index (κ1) is 23.9. The number of hydrogen-bond donors (Lipinski definition) is 2. The molecule has 0 aliphatic heterocycles. The number of amides is 1. The Balaban J connectivity index is 1.82. The highest BCUT2D eigenvalue weighted by molar-refractivity contribution is 7.09. The molecule has 3 N–H and O–H groups in total. The van der Waals surface area contributed by atoms with E-state index < -0.39 is 29.7 Å². The molecule has 0 saturated carbocycles. The van der Waals surface area contributed by atoms with Gasteiger partial charge in [-0.1, -0.05) is 37.3 Å². The first-order valence-electron chi connectivity index (χ1n) is 10.3. The van der Waals surface area contributed by atoms with Crippen LogP contribution < -0.4 is 21.9 Å². The van der Waals surface area contributed by atoms with E-state index in [1.165, 1.54) is 15.9 Å². The van der Waals surface area contributed by atoms with Crippen molar-refractivity contribution in [3.8, 4) is 0 Å². The fourth-order valence-electron chi connectivity index (χ4n) is 3.25. The van der Waals surface area contributed by atoms with Crippen LogP contribution >= 0.6 is 11.3 Å². The Morgan fingerprint density at radius 2 is 1.97 bits per heavy atom. The lowest BCUT2D eigenvalue weighted by molar-refractivity contribution is -0.147. The maximum absolute atomic E-state index is 12.9. The zero-order valence-corrected chi connectivity index (χ0v) is 19.2. The normalized spacial score (nSPS) is 10.7. The molecule has 11 heteroatoms. The summed E-state index contributed by atoms with van der Waals surface area (Å²) >= 11 is 1.41. The molecule has 33 heavy (non-hydrogen) atoms. The summed E-state index contributed by atoms with van der Waals surface area (Å²) in [5.74, 6) is -1.37. The molecule has 0 aliphatic carbocycles. The van der Waals surface area contributed by atoms with Gasteiger partial charge >= 0.3 is 11.7 Å². The van der Waals surface area contributed by atoms with Gasteiger partial charge in [-0.15, -0.1) is 11.3 Å². The molecule has 0 radical (unpaired) electrons. The number of thiazole rings is 1. The Morgan fingerprint density at radius 1 is 1.24 bits per heavy atom. The van der Waals surface area contributed by atoms with E-state index >= 15 is 0 Å². The molecule has 0 bridgehead atoms. The van der Waals surface area contributed by atoms with E-state index in [4.69, 9.17) is 10.5 Å². The van der Waals surface area contributed by atoms with E-state index in [1.54, 1.807) is 5.38 Å². The number of nitrogen functional groups attached to an aromatic ring is 1. The number of nitrogens with zero attached hydrogens (tertiary/aromatic N) is 3.